The standard InChI is InChI=1S/C12H23N3OS/c1-5-7-13-11-15-14-10(17-11)9-16-8-6-12(2,3)4/h5-9H2,1-4H3,(H,13,15). The summed E-state index contributed by atoms with van der Waals surface area (Å²) < 4.78 is 5.59. The molecule has 0 aliphatic carbocycles. The van der Waals surface area contributed by atoms with Gasteiger partial charge in [-0.25, -0.2) is 0 Å². The van der Waals surface area contributed by atoms with Crippen LogP contribution in [0.4, 0.5) is 5.13 Å². The molecule has 1 rings (SSSR count). The van der Waals surface area contributed by atoms with Gasteiger partial charge >= 0.3 is 0 Å². The zero-order valence-corrected chi connectivity index (χ0v) is 12.1. The van der Waals surface area contributed by atoms with E-state index in [0.29, 0.717) is 12.0 Å². The average Bonchev–Trinajstić information content (AvgIpc) is 2.68. The van der Waals surface area contributed by atoms with E-state index >= 15 is 0 Å². The second-order valence-electron chi connectivity index (χ2n) is 5.29. The minimum absolute atomic E-state index is 0.328. The second kappa shape index (κ2) is 6.91. The van der Waals surface area contributed by atoms with Gasteiger partial charge in [0.2, 0.25) is 5.13 Å². The van der Waals surface area contributed by atoms with Crippen molar-refractivity contribution in [1.29, 1.82) is 0 Å². The maximum Gasteiger partial charge on any atom is 0.205 e. The summed E-state index contributed by atoms with van der Waals surface area (Å²) in [5, 5.41) is 13.2. The number of aromatic nitrogens is 2. The van der Waals surface area contributed by atoms with Crippen molar-refractivity contribution in [3.63, 3.8) is 0 Å². The van der Waals surface area contributed by atoms with E-state index in [1.165, 1.54) is 0 Å². The number of nitrogens with zero attached hydrogens (tertiary/aromatic N) is 2. The van der Waals surface area contributed by atoms with Gasteiger partial charge in [0.1, 0.15) is 11.6 Å². The first kappa shape index (κ1) is 14.4. The van der Waals surface area contributed by atoms with E-state index in [0.717, 1.165) is 36.1 Å². The Morgan fingerprint density at radius 1 is 1.29 bits per heavy atom. The lowest BCUT2D eigenvalue weighted by Crippen LogP contribution is -2.09. The van der Waals surface area contributed by atoms with Crippen molar-refractivity contribution < 1.29 is 4.74 Å². The van der Waals surface area contributed by atoms with Crippen LogP contribution in [0, 0.1) is 5.41 Å². The normalized spacial score (nSPS) is 11.8. The fourth-order valence-corrected chi connectivity index (χ4v) is 1.86. The predicted octanol–water partition coefficient (Wildman–Crippen LogP) is 3.31. The van der Waals surface area contributed by atoms with Crippen LogP contribution in [0.25, 0.3) is 0 Å². The number of rotatable bonds is 7. The third kappa shape index (κ3) is 6.58. The SMILES string of the molecule is CCCNc1nnc(COCCC(C)(C)C)s1. The Kier molecular flexibility index (Phi) is 5.85. The Labute approximate surface area is 108 Å². The molecule has 0 fully saturated rings. The minimum atomic E-state index is 0.328. The number of hydrogen-bond acceptors (Lipinski definition) is 5. The van der Waals surface area contributed by atoms with Gasteiger partial charge in [-0.3, -0.25) is 0 Å². The van der Waals surface area contributed by atoms with Gasteiger partial charge in [-0.05, 0) is 18.3 Å². The smallest absolute Gasteiger partial charge is 0.205 e. The monoisotopic (exact) mass is 257 g/mol. The molecule has 0 saturated heterocycles. The summed E-state index contributed by atoms with van der Waals surface area (Å²) in [7, 11) is 0. The van der Waals surface area contributed by atoms with Gasteiger partial charge in [-0.1, -0.05) is 39.0 Å². The number of ether oxygens (including phenoxy) is 1. The lowest BCUT2D eigenvalue weighted by Gasteiger charge is -2.17. The van der Waals surface area contributed by atoms with Gasteiger partial charge < -0.3 is 10.1 Å². The Morgan fingerprint density at radius 3 is 2.71 bits per heavy atom. The van der Waals surface area contributed by atoms with Gasteiger partial charge in [-0.15, -0.1) is 10.2 Å². The highest BCUT2D eigenvalue weighted by atomic mass is 32.1. The third-order valence-electron chi connectivity index (χ3n) is 2.22. The van der Waals surface area contributed by atoms with Crippen molar-refractivity contribution in [3.05, 3.63) is 5.01 Å². The van der Waals surface area contributed by atoms with E-state index < -0.39 is 0 Å². The highest BCUT2D eigenvalue weighted by molar-refractivity contribution is 7.15. The van der Waals surface area contributed by atoms with Crippen LogP contribution < -0.4 is 5.32 Å². The average molecular weight is 257 g/mol. The van der Waals surface area contributed by atoms with Crippen LogP contribution in [0.1, 0.15) is 45.5 Å². The quantitative estimate of drug-likeness (QED) is 0.761. The molecular formula is C12H23N3OS. The maximum atomic E-state index is 5.59. The molecule has 98 valence electrons. The first-order valence-corrected chi connectivity index (χ1v) is 6.97. The minimum Gasteiger partial charge on any atom is -0.374 e. The van der Waals surface area contributed by atoms with E-state index in [1.54, 1.807) is 11.3 Å². The van der Waals surface area contributed by atoms with E-state index in [-0.39, 0.29) is 0 Å². The van der Waals surface area contributed by atoms with Gasteiger partial charge in [0.15, 0.2) is 0 Å². The van der Waals surface area contributed by atoms with E-state index in [9.17, 15) is 0 Å². The molecule has 0 aliphatic rings. The fraction of sp³-hybridized carbons (Fsp3) is 0.833. The van der Waals surface area contributed by atoms with Crippen LogP contribution in [-0.2, 0) is 11.3 Å². The van der Waals surface area contributed by atoms with Crippen LogP contribution in [0.5, 0.6) is 0 Å². The molecule has 0 amide bonds. The molecule has 1 aromatic heterocycles. The number of anilines is 1. The molecule has 0 spiro atoms. The molecule has 0 aromatic carbocycles. The zero-order valence-electron chi connectivity index (χ0n) is 11.2. The second-order valence-corrected chi connectivity index (χ2v) is 6.35. The van der Waals surface area contributed by atoms with E-state index in [4.69, 9.17) is 4.74 Å². The van der Waals surface area contributed by atoms with Gasteiger partial charge in [0.05, 0.1) is 0 Å². The lowest BCUT2D eigenvalue weighted by atomic mass is 9.93. The van der Waals surface area contributed by atoms with Gasteiger partial charge in [-0.2, -0.15) is 0 Å². The molecule has 1 heterocycles. The Morgan fingerprint density at radius 2 is 2.06 bits per heavy atom. The molecule has 0 radical (unpaired) electrons. The summed E-state index contributed by atoms with van der Waals surface area (Å²) in [6.45, 7) is 11.1. The molecule has 0 saturated carbocycles. The summed E-state index contributed by atoms with van der Waals surface area (Å²) in [4.78, 5) is 0. The van der Waals surface area contributed by atoms with Crippen LogP contribution in [0.15, 0.2) is 0 Å². The largest absolute Gasteiger partial charge is 0.374 e. The maximum absolute atomic E-state index is 5.59. The highest BCUT2D eigenvalue weighted by Crippen LogP contribution is 2.19. The van der Waals surface area contributed by atoms with Gasteiger partial charge in [0.25, 0.3) is 0 Å². The highest BCUT2D eigenvalue weighted by Gasteiger charge is 2.10. The van der Waals surface area contributed by atoms with Crippen LogP contribution in [-0.4, -0.2) is 23.3 Å². The van der Waals surface area contributed by atoms with E-state index in [1.807, 2.05) is 0 Å². The summed E-state index contributed by atoms with van der Waals surface area (Å²) in [6, 6.07) is 0. The van der Waals surface area contributed by atoms with Crippen molar-refractivity contribution in [2.45, 2.75) is 47.1 Å². The van der Waals surface area contributed by atoms with Crippen molar-refractivity contribution in [1.82, 2.24) is 10.2 Å². The first-order valence-electron chi connectivity index (χ1n) is 6.15. The van der Waals surface area contributed by atoms with E-state index in [2.05, 4.69) is 43.2 Å². The van der Waals surface area contributed by atoms with Crippen LogP contribution >= 0.6 is 11.3 Å². The molecule has 0 aliphatic heterocycles. The summed E-state index contributed by atoms with van der Waals surface area (Å²) in [6.07, 6.45) is 2.16. The number of hydrogen-bond donors (Lipinski definition) is 1. The molecule has 17 heavy (non-hydrogen) atoms. The molecule has 0 unspecified atom stereocenters. The molecule has 0 bridgehead atoms. The molecule has 0 atom stereocenters. The van der Waals surface area contributed by atoms with Crippen LogP contribution in [0.3, 0.4) is 0 Å². The predicted molar refractivity (Wildman–Crippen MR) is 72.4 cm³/mol. The van der Waals surface area contributed by atoms with Crippen molar-refractivity contribution in [2.24, 2.45) is 5.41 Å². The topological polar surface area (TPSA) is 47.0 Å². The van der Waals surface area contributed by atoms with Crippen molar-refractivity contribution in [3.8, 4) is 0 Å². The molecule has 1 aromatic rings. The zero-order chi connectivity index (χ0) is 12.7. The van der Waals surface area contributed by atoms with Crippen LogP contribution in [0.2, 0.25) is 0 Å². The first-order chi connectivity index (χ1) is 8.01. The Hall–Kier alpha value is -0.680. The molecule has 1 N–H and O–H groups in total. The summed E-state index contributed by atoms with van der Waals surface area (Å²) in [5.41, 5.74) is 0.328. The number of nitrogens with one attached hydrogen (secondary N) is 1. The Balaban J connectivity index is 2.21. The fourth-order valence-electron chi connectivity index (χ4n) is 1.15. The van der Waals surface area contributed by atoms with Gasteiger partial charge in [0, 0.05) is 13.2 Å². The van der Waals surface area contributed by atoms with Crippen molar-refractivity contribution in [2.75, 3.05) is 18.5 Å². The summed E-state index contributed by atoms with van der Waals surface area (Å²) in [5.74, 6) is 0. The van der Waals surface area contributed by atoms with Crippen molar-refractivity contribution >= 4 is 16.5 Å². The Bertz CT molecular complexity index is 320. The summed E-state index contributed by atoms with van der Waals surface area (Å²) >= 11 is 1.57. The molecule has 5 heteroatoms. The molecular weight excluding hydrogens is 234 g/mol. The third-order valence-corrected chi connectivity index (χ3v) is 3.07. The molecule has 4 nitrogen and oxygen atoms in total. The lowest BCUT2D eigenvalue weighted by molar-refractivity contribution is 0.0957.